The van der Waals surface area contributed by atoms with Gasteiger partial charge in [0.1, 0.15) is 22.2 Å². The Morgan fingerprint density at radius 2 is 1.14 bits per heavy atom. The number of hydrogen-bond donors (Lipinski definition) is 0. The normalized spacial score (nSPS) is 11.8. The lowest BCUT2D eigenvalue weighted by Gasteiger charge is -2.13. The van der Waals surface area contributed by atoms with Crippen LogP contribution in [-0.2, 0) is 0 Å². The van der Waals surface area contributed by atoms with Crippen molar-refractivity contribution in [3.8, 4) is 33.6 Å². The largest absolute Gasteiger partial charge is 0.454 e. The van der Waals surface area contributed by atoms with Gasteiger partial charge in [-0.1, -0.05) is 54.6 Å². The molecule has 0 unspecified atom stereocenters. The molecule has 0 N–H and O–H groups in total. The minimum Gasteiger partial charge on any atom is -0.454 e. The lowest BCUT2D eigenvalue weighted by molar-refractivity contribution is 0.668. The molecule has 196 valence electrons. The molecule has 0 saturated heterocycles. The third-order valence-corrected chi connectivity index (χ3v) is 7.87. The maximum Gasteiger partial charge on any atom is 0.161 e. The predicted octanol–water partition coefficient (Wildman–Crippen LogP) is 9.22. The fourth-order valence-electron chi connectivity index (χ4n) is 5.88. The van der Waals surface area contributed by atoms with Gasteiger partial charge in [-0.2, -0.15) is 0 Å². The van der Waals surface area contributed by atoms with Gasteiger partial charge in [0.05, 0.1) is 5.52 Å². The topological polar surface area (TPSA) is 77.8 Å². The van der Waals surface area contributed by atoms with Crippen LogP contribution in [0.2, 0.25) is 0 Å². The fraction of sp³-hybridized carbons (Fsp3) is 0. The first-order valence-corrected chi connectivity index (χ1v) is 13.7. The maximum absolute atomic E-state index is 6.38. The standard InChI is InChI=1S/C36H20N4O2/c1-4-10-29-22(7-1)20-39-36(40-29)28-19-21(23-15-17-37-32-26-8-2-5-11-30(26)41-34(23)32)13-14-24(28)25-16-18-38-33-27-9-3-6-12-31(27)42-35(25)33/h1-20H. The zero-order valence-corrected chi connectivity index (χ0v) is 22.2. The van der Waals surface area contributed by atoms with Crippen molar-refractivity contribution in [2.45, 2.75) is 0 Å². The Bertz CT molecular complexity index is 2490. The Morgan fingerprint density at radius 1 is 0.500 bits per heavy atom. The van der Waals surface area contributed by atoms with Gasteiger partial charge in [-0.05, 0) is 59.7 Å². The molecule has 0 aliphatic rings. The number of para-hydroxylation sites is 3. The van der Waals surface area contributed by atoms with E-state index in [0.717, 1.165) is 82.9 Å². The molecule has 0 aliphatic carbocycles. The van der Waals surface area contributed by atoms with Crippen LogP contribution in [0, 0.1) is 0 Å². The van der Waals surface area contributed by atoms with Crippen molar-refractivity contribution in [2.75, 3.05) is 0 Å². The Balaban J connectivity index is 1.33. The van der Waals surface area contributed by atoms with Crippen LogP contribution in [0.1, 0.15) is 0 Å². The van der Waals surface area contributed by atoms with Crippen LogP contribution in [-0.4, -0.2) is 19.9 Å². The first kappa shape index (κ1) is 22.9. The summed E-state index contributed by atoms with van der Waals surface area (Å²) in [6.07, 6.45) is 5.54. The summed E-state index contributed by atoms with van der Waals surface area (Å²) in [6.45, 7) is 0. The zero-order chi connectivity index (χ0) is 27.6. The lowest BCUT2D eigenvalue weighted by Crippen LogP contribution is -1.94. The number of pyridine rings is 2. The van der Waals surface area contributed by atoms with Crippen molar-refractivity contribution >= 4 is 55.0 Å². The van der Waals surface area contributed by atoms with Gasteiger partial charge in [0.15, 0.2) is 17.0 Å². The second-order valence-electron chi connectivity index (χ2n) is 10.3. The van der Waals surface area contributed by atoms with E-state index in [1.54, 1.807) is 0 Å². The molecule has 0 atom stereocenters. The maximum atomic E-state index is 6.38. The summed E-state index contributed by atoms with van der Waals surface area (Å²) < 4.78 is 12.7. The highest BCUT2D eigenvalue weighted by atomic mass is 16.3. The van der Waals surface area contributed by atoms with E-state index in [4.69, 9.17) is 18.8 Å². The van der Waals surface area contributed by atoms with E-state index in [1.165, 1.54) is 0 Å². The molecule has 0 amide bonds. The minimum atomic E-state index is 0.626. The summed E-state index contributed by atoms with van der Waals surface area (Å²) in [5.41, 5.74) is 10.3. The van der Waals surface area contributed by atoms with Crippen LogP contribution < -0.4 is 0 Å². The van der Waals surface area contributed by atoms with Gasteiger partial charge in [-0.3, -0.25) is 9.97 Å². The zero-order valence-electron chi connectivity index (χ0n) is 22.2. The van der Waals surface area contributed by atoms with Gasteiger partial charge in [-0.15, -0.1) is 0 Å². The number of nitrogens with zero attached hydrogens (tertiary/aromatic N) is 4. The number of fused-ring (bicyclic) bond motifs is 7. The van der Waals surface area contributed by atoms with Crippen LogP contribution >= 0.6 is 0 Å². The van der Waals surface area contributed by atoms with E-state index >= 15 is 0 Å². The van der Waals surface area contributed by atoms with Gasteiger partial charge < -0.3 is 8.83 Å². The fourth-order valence-corrected chi connectivity index (χ4v) is 5.88. The number of benzene rings is 4. The Kier molecular flexibility index (Phi) is 4.80. The Morgan fingerprint density at radius 3 is 1.90 bits per heavy atom. The Hall–Kier alpha value is -5.88. The molecule has 42 heavy (non-hydrogen) atoms. The van der Waals surface area contributed by atoms with E-state index < -0.39 is 0 Å². The molecule has 9 rings (SSSR count). The number of aromatic nitrogens is 4. The number of rotatable bonds is 3. The summed E-state index contributed by atoms with van der Waals surface area (Å²) in [7, 11) is 0. The average Bonchev–Trinajstić information content (AvgIpc) is 3.63. The van der Waals surface area contributed by atoms with Gasteiger partial charge in [0.25, 0.3) is 0 Å². The first-order chi connectivity index (χ1) is 20.8. The van der Waals surface area contributed by atoms with Crippen LogP contribution in [0.15, 0.2) is 131 Å². The SMILES string of the molecule is c1ccc2nc(-c3cc(-c4ccnc5c4oc4ccccc45)ccc3-c3ccnc4c3oc3ccccc34)ncc2c1. The summed E-state index contributed by atoms with van der Waals surface area (Å²) in [6, 6.07) is 34.3. The van der Waals surface area contributed by atoms with Gasteiger partial charge in [-0.25, -0.2) is 9.97 Å². The molecule has 5 aromatic heterocycles. The summed E-state index contributed by atoms with van der Waals surface area (Å²) in [4.78, 5) is 19.1. The van der Waals surface area contributed by atoms with Crippen molar-refractivity contribution in [2.24, 2.45) is 0 Å². The molecule has 6 heteroatoms. The van der Waals surface area contributed by atoms with Crippen molar-refractivity contribution < 1.29 is 8.83 Å². The summed E-state index contributed by atoms with van der Waals surface area (Å²) in [5, 5.41) is 2.97. The van der Waals surface area contributed by atoms with E-state index in [2.05, 4.69) is 28.2 Å². The monoisotopic (exact) mass is 540 g/mol. The molecule has 4 aromatic carbocycles. The van der Waals surface area contributed by atoms with Crippen molar-refractivity contribution in [1.82, 2.24) is 19.9 Å². The minimum absolute atomic E-state index is 0.626. The van der Waals surface area contributed by atoms with E-state index in [9.17, 15) is 0 Å². The van der Waals surface area contributed by atoms with Crippen molar-refractivity contribution in [1.29, 1.82) is 0 Å². The molecule has 9 aromatic rings. The Labute approximate surface area is 238 Å². The molecule has 0 fully saturated rings. The molecule has 0 spiro atoms. The first-order valence-electron chi connectivity index (χ1n) is 13.7. The van der Waals surface area contributed by atoms with Crippen molar-refractivity contribution in [3.05, 3.63) is 122 Å². The van der Waals surface area contributed by atoms with Crippen LogP contribution in [0.3, 0.4) is 0 Å². The number of hydrogen-bond acceptors (Lipinski definition) is 6. The molecular weight excluding hydrogens is 520 g/mol. The highest BCUT2D eigenvalue weighted by Gasteiger charge is 2.20. The van der Waals surface area contributed by atoms with Gasteiger partial charge in [0, 0.05) is 51.4 Å². The third-order valence-electron chi connectivity index (χ3n) is 7.87. The predicted molar refractivity (Wildman–Crippen MR) is 166 cm³/mol. The van der Waals surface area contributed by atoms with Gasteiger partial charge >= 0.3 is 0 Å². The second kappa shape index (κ2) is 8.81. The van der Waals surface area contributed by atoms with Crippen molar-refractivity contribution in [3.63, 3.8) is 0 Å². The van der Waals surface area contributed by atoms with E-state index in [-0.39, 0.29) is 0 Å². The molecule has 0 aliphatic heterocycles. The average molecular weight is 541 g/mol. The molecule has 5 heterocycles. The second-order valence-corrected chi connectivity index (χ2v) is 10.3. The summed E-state index contributed by atoms with van der Waals surface area (Å²) >= 11 is 0. The highest BCUT2D eigenvalue weighted by molar-refractivity contribution is 6.10. The van der Waals surface area contributed by atoms with Crippen LogP contribution in [0.5, 0.6) is 0 Å². The number of furan rings is 2. The molecular formula is C36H20N4O2. The quantitative estimate of drug-likeness (QED) is 0.222. The summed E-state index contributed by atoms with van der Waals surface area (Å²) in [5.74, 6) is 0.626. The van der Waals surface area contributed by atoms with Crippen LogP contribution in [0.4, 0.5) is 0 Å². The van der Waals surface area contributed by atoms with Gasteiger partial charge in [0.2, 0.25) is 0 Å². The van der Waals surface area contributed by atoms with E-state index in [0.29, 0.717) is 5.82 Å². The van der Waals surface area contributed by atoms with Crippen LogP contribution in [0.25, 0.3) is 88.7 Å². The molecule has 0 bridgehead atoms. The highest BCUT2D eigenvalue weighted by Crippen LogP contribution is 2.41. The molecule has 0 radical (unpaired) electrons. The lowest BCUT2D eigenvalue weighted by atomic mass is 9.94. The van der Waals surface area contributed by atoms with E-state index in [1.807, 2.05) is 104 Å². The molecule has 6 nitrogen and oxygen atoms in total. The third kappa shape index (κ3) is 3.39. The molecule has 0 saturated carbocycles. The smallest absolute Gasteiger partial charge is 0.161 e.